The minimum atomic E-state index is 0.630. The molecule has 1 aliphatic rings. The van der Waals surface area contributed by atoms with Gasteiger partial charge in [-0.1, -0.05) is 19.8 Å². The molecule has 1 fully saturated rings. The number of nitrogens with two attached hydrogens (primary N) is 1. The van der Waals surface area contributed by atoms with Gasteiger partial charge in [-0.25, -0.2) is 0 Å². The van der Waals surface area contributed by atoms with E-state index in [1.165, 1.54) is 34.9 Å². The van der Waals surface area contributed by atoms with Crippen LogP contribution in [0, 0.1) is 9.49 Å². The van der Waals surface area contributed by atoms with Gasteiger partial charge in [0.05, 0.1) is 0 Å². The van der Waals surface area contributed by atoms with E-state index in [-0.39, 0.29) is 0 Å². The van der Waals surface area contributed by atoms with Gasteiger partial charge in [0, 0.05) is 21.0 Å². The fraction of sp³-hybridized carbons (Fsp3) is 0.538. The summed E-state index contributed by atoms with van der Waals surface area (Å²) >= 11 is 2.35. The number of nitrogen functional groups attached to an aromatic ring is 1. The summed E-state index contributed by atoms with van der Waals surface area (Å²) in [5.41, 5.74) is 7.83. The molecular weight excluding hydrogens is 311 g/mol. The molecule has 0 heterocycles. The second kappa shape index (κ2) is 5.25. The molecule has 2 nitrogen and oxygen atoms in total. The van der Waals surface area contributed by atoms with Crippen molar-refractivity contribution in [1.29, 1.82) is 0 Å². The zero-order valence-electron chi connectivity index (χ0n) is 9.67. The number of anilines is 2. The number of hydrogen-bond donors (Lipinski definition) is 2. The molecule has 2 atom stereocenters. The number of nitrogens with one attached hydrogen (secondary N) is 1. The lowest BCUT2D eigenvalue weighted by Gasteiger charge is -2.30. The molecule has 0 aliphatic heterocycles. The summed E-state index contributed by atoms with van der Waals surface area (Å²) in [7, 11) is 0. The van der Waals surface area contributed by atoms with Crippen LogP contribution in [0.4, 0.5) is 11.4 Å². The van der Waals surface area contributed by atoms with Gasteiger partial charge >= 0.3 is 0 Å². The van der Waals surface area contributed by atoms with Crippen molar-refractivity contribution in [3.05, 3.63) is 21.8 Å². The van der Waals surface area contributed by atoms with E-state index in [0.29, 0.717) is 6.04 Å². The normalized spacial score (nSPS) is 25.4. The summed E-state index contributed by atoms with van der Waals surface area (Å²) in [6.45, 7) is 2.35. The van der Waals surface area contributed by atoms with Crippen LogP contribution in [-0.4, -0.2) is 6.04 Å². The maximum atomic E-state index is 5.76. The van der Waals surface area contributed by atoms with Crippen molar-refractivity contribution >= 4 is 34.0 Å². The van der Waals surface area contributed by atoms with E-state index in [1.807, 2.05) is 12.1 Å². The molecule has 1 aromatic rings. The molecule has 3 N–H and O–H groups in total. The van der Waals surface area contributed by atoms with E-state index in [0.717, 1.165) is 11.6 Å². The van der Waals surface area contributed by atoms with E-state index >= 15 is 0 Å². The third-order valence-electron chi connectivity index (χ3n) is 3.45. The van der Waals surface area contributed by atoms with Gasteiger partial charge in [-0.05, 0) is 59.5 Å². The first-order valence-electron chi connectivity index (χ1n) is 5.98. The molecule has 3 heteroatoms. The van der Waals surface area contributed by atoms with Gasteiger partial charge in [0.25, 0.3) is 0 Å². The lowest BCUT2D eigenvalue weighted by Crippen LogP contribution is -2.30. The van der Waals surface area contributed by atoms with Crippen LogP contribution in [0.15, 0.2) is 18.2 Å². The first kappa shape index (κ1) is 12.0. The molecule has 16 heavy (non-hydrogen) atoms. The summed E-state index contributed by atoms with van der Waals surface area (Å²) in [4.78, 5) is 0. The smallest absolute Gasteiger partial charge is 0.0479 e. The monoisotopic (exact) mass is 330 g/mol. The SMILES string of the molecule is CC1CCCCC1Nc1ccc(N)cc1I. The lowest BCUT2D eigenvalue weighted by molar-refractivity contribution is 0.349. The van der Waals surface area contributed by atoms with Gasteiger partial charge in [0.1, 0.15) is 0 Å². The van der Waals surface area contributed by atoms with Crippen LogP contribution in [0.3, 0.4) is 0 Å². The largest absolute Gasteiger partial charge is 0.399 e. The van der Waals surface area contributed by atoms with Crippen molar-refractivity contribution in [2.24, 2.45) is 5.92 Å². The van der Waals surface area contributed by atoms with Crippen molar-refractivity contribution in [1.82, 2.24) is 0 Å². The van der Waals surface area contributed by atoms with Crippen LogP contribution in [0.25, 0.3) is 0 Å². The van der Waals surface area contributed by atoms with Crippen molar-refractivity contribution < 1.29 is 0 Å². The number of rotatable bonds is 2. The standard InChI is InChI=1S/C13H19IN2/c1-9-4-2-3-5-12(9)16-13-7-6-10(15)8-11(13)14/h6-9,12,16H,2-5,15H2,1H3. The fourth-order valence-corrected chi connectivity index (χ4v) is 3.07. The maximum absolute atomic E-state index is 5.76. The molecule has 1 aliphatic carbocycles. The van der Waals surface area contributed by atoms with Crippen LogP contribution in [0.2, 0.25) is 0 Å². The second-order valence-corrected chi connectivity index (χ2v) is 5.91. The molecule has 1 saturated carbocycles. The highest BCUT2D eigenvalue weighted by atomic mass is 127. The third kappa shape index (κ3) is 2.81. The fourth-order valence-electron chi connectivity index (χ4n) is 2.38. The molecule has 0 radical (unpaired) electrons. The predicted molar refractivity (Wildman–Crippen MR) is 78.6 cm³/mol. The minimum Gasteiger partial charge on any atom is -0.399 e. The third-order valence-corrected chi connectivity index (χ3v) is 4.34. The topological polar surface area (TPSA) is 38.0 Å². The summed E-state index contributed by atoms with van der Waals surface area (Å²) in [5.74, 6) is 0.780. The van der Waals surface area contributed by atoms with Crippen molar-refractivity contribution in [2.75, 3.05) is 11.1 Å². The predicted octanol–water partition coefficient (Wildman–Crippen LogP) is 3.86. The first-order valence-corrected chi connectivity index (χ1v) is 7.06. The Morgan fingerprint density at radius 2 is 2.06 bits per heavy atom. The quantitative estimate of drug-likeness (QED) is 0.638. The molecule has 2 rings (SSSR count). The number of hydrogen-bond acceptors (Lipinski definition) is 2. The number of benzene rings is 1. The molecule has 0 amide bonds. The van der Waals surface area contributed by atoms with E-state index < -0.39 is 0 Å². The Balaban J connectivity index is 2.07. The summed E-state index contributed by atoms with van der Waals surface area (Å²) < 4.78 is 1.22. The number of halogens is 1. The Labute approximate surface area is 111 Å². The molecule has 0 saturated heterocycles. The highest BCUT2D eigenvalue weighted by molar-refractivity contribution is 14.1. The minimum absolute atomic E-state index is 0.630. The first-order chi connectivity index (χ1) is 7.66. The van der Waals surface area contributed by atoms with Crippen molar-refractivity contribution in [3.8, 4) is 0 Å². The molecular formula is C13H19IN2. The van der Waals surface area contributed by atoms with Gasteiger partial charge in [-0.15, -0.1) is 0 Å². The van der Waals surface area contributed by atoms with Gasteiger partial charge in [0.15, 0.2) is 0 Å². The zero-order chi connectivity index (χ0) is 11.5. The van der Waals surface area contributed by atoms with Crippen LogP contribution in [-0.2, 0) is 0 Å². The molecule has 2 unspecified atom stereocenters. The van der Waals surface area contributed by atoms with E-state index in [1.54, 1.807) is 0 Å². The Kier molecular flexibility index (Phi) is 3.95. The second-order valence-electron chi connectivity index (χ2n) is 4.75. The highest BCUT2D eigenvalue weighted by Gasteiger charge is 2.21. The van der Waals surface area contributed by atoms with Crippen LogP contribution in [0.5, 0.6) is 0 Å². The van der Waals surface area contributed by atoms with E-state index in [2.05, 4.69) is 40.9 Å². The Morgan fingerprint density at radius 3 is 2.75 bits per heavy atom. The average molecular weight is 330 g/mol. The van der Waals surface area contributed by atoms with Gasteiger partial charge in [0.2, 0.25) is 0 Å². The van der Waals surface area contributed by atoms with E-state index in [4.69, 9.17) is 5.73 Å². The zero-order valence-corrected chi connectivity index (χ0v) is 11.8. The van der Waals surface area contributed by atoms with Crippen molar-refractivity contribution in [2.45, 2.75) is 38.6 Å². The Bertz CT molecular complexity index is 365. The maximum Gasteiger partial charge on any atom is 0.0479 e. The van der Waals surface area contributed by atoms with Gasteiger partial charge < -0.3 is 11.1 Å². The lowest BCUT2D eigenvalue weighted by atomic mass is 9.86. The van der Waals surface area contributed by atoms with Crippen LogP contribution < -0.4 is 11.1 Å². The van der Waals surface area contributed by atoms with E-state index in [9.17, 15) is 0 Å². The average Bonchev–Trinajstić information content (AvgIpc) is 2.25. The van der Waals surface area contributed by atoms with Gasteiger partial charge in [-0.3, -0.25) is 0 Å². The molecule has 0 aromatic heterocycles. The summed E-state index contributed by atoms with van der Waals surface area (Å²) in [6.07, 6.45) is 5.39. The Morgan fingerprint density at radius 1 is 1.31 bits per heavy atom. The van der Waals surface area contributed by atoms with Crippen molar-refractivity contribution in [3.63, 3.8) is 0 Å². The summed E-state index contributed by atoms with van der Waals surface area (Å²) in [5, 5.41) is 3.66. The molecule has 0 spiro atoms. The molecule has 1 aromatic carbocycles. The molecule has 0 bridgehead atoms. The summed E-state index contributed by atoms with van der Waals surface area (Å²) in [6, 6.07) is 6.72. The highest BCUT2D eigenvalue weighted by Crippen LogP contribution is 2.29. The Hall–Kier alpha value is -0.450. The van der Waals surface area contributed by atoms with Crippen LogP contribution >= 0.6 is 22.6 Å². The van der Waals surface area contributed by atoms with Gasteiger partial charge in [-0.2, -0.15) is 0 Å². The molecule has 88 valence electrons. The van der Waals surface area contributed by atoms with Crippen LogP contribution in [0.1, 0.15) is 32.6 Å².